The maximum Gasteiger partial charge on any atom is 0.178 e. The van der Waals surface area contributed by atoms with E-state index in [1.807, 2.05) is 25.1 Å². The zero-order valence-corrected chi connectivity index (χ0v) is 12.3. The van der Waals surface area contributed by atoms with E-state index in [-0.39, 0.29) is 0 Å². The van der Waals surface area contributed by atoms with E-state index in [4.69, 9.17) is 17.0 Å². The van der Waals surface area contributed by atoms with Gasteiger partial charge >= 0.3 is 0 Å². The molecule has 0 bridgehead atoms. The van der Waals surface area contributed by atoms with E-state index in [0.29, 0.717) is 11.3 Å². The Morgan fingerprint density at radius 2 is 2.32 bits per heavy atom. The third-order valence-electron chi connectivity index (χ3n) is 2.97. The SMILES string of the molecule is COc1ccc2c(c1)[nH]c(=S)n2Cc1csc(C)n1. The van der Waals surface area contributed by atoms with Gasteiger partial charge in [0.2, 0.25) is 0 Å². The molecule has 0 amide bonds. The zero-order valence-electron chi connectivity index (χ0n) is 10.6. The van der Waals surface area contributed by atoms with Crippen LogP contribution in [0.4, 0.5) is 0 Å². The lowest BCUT2D eigenvalue weighted by Crippen LogP contribution is -2.00. The number of rotatable bonds is 3. The van der Waals surface area contributed by atoms with Gasteiger partial charge in [-0.25, -0.2) is 4.98 Å². The Morgan fingerprint density at radius 3 is 3.00 bits per heavy atom. The lowest BCUT2D eigenvalue weighted by atomic mass is 10.3. The predicted octanol–water partition coefficient (Wildman–Crippen LogP) is 3.52. The van der Waals surface area contributed by atoms with Gasteiger partial charge in [0.15, 0.2) is 4.77 Å². The molecule has 0 aliphatic rings. The average Bonchev–Trinajstić information content (AvgIpc) is 2.94. The molecule has 3 aromatic rings. The van der Waals surface area contributed by atoms with Gasteiger partial charge in [-0.3, -0.25) is 0 Å². The number of ether oxygens (including phenoxy) is 1. The molecule has 0 radical (unpaired) electrons. The number of nitrogens with zero attached hydrogens (tertiary/aromatic N) is 2. The molecule has 0 saturated carbocycles. The minimum Gasteiger partial charge on any atom is -0.497 e. The molecule has 98 valence electrons. The molecule has 0 fully saturated rings. The molecule has 0 atom stereocenters. The smallest absolute Gasteiger partial charge is 0.178 e. The van der Waals surface area contributed by atoms with Crippen molar-refractivity contribution >= 4 is 34.6 Å². The van der Waals surface area contributed by atoms with Crippen molar-refractivity contribution in [2.24, 2.45) is 0 Å². The molecule has 2 aromatic heterocycles. The topological polar surface area (TPSA) is 42.8 Å². The fourth-order valence-corrected chi connectivity index (χ4v) is 2.95. The summed E-state index contributed by atoms with van der Waals surface area (Å²) in [5, 5.41) is 3.14. The van der Waals surface area contributed by atoms with E-state index in [0.717, 1.165) is 27.5 Å². The van der Waals surface area contributed by atoms with Crippen LogP contribution in [0.3, 0.4) is 0 Å². The molecule has 0 unspecified atom stereocenters. The van der Waals surface area contributed by atoms with Crippen LogP contribution in [0.2, 0.25) is 0 Å². The van der Waals surface area contributed by atoms with Crippen molar-refractivity contribution in [2.45, 2.75) is 13.5 Å². The highest BCUT2D eigenvalue weighted by atomic mass is 32.1. The van der Waals surface area contributed by atoms with Gasteiger partial charge < -0.3 is 14.3 Å². The number of imidazole rings is 1. The number of aromatic amines is 1. The average molecular weight is 291 g/mol. The van der Waals surface area contributed by atoms with Gasteiger partial charge in [0.1, 0.15) is 5.75 Å². The number of aromatic nitrogens is 3. The molecule has 1 aromatic carbocycles. The quantitative estimate of drug-likeness (QED) is 0.751. The van der Waals surface area contributed by atoms with Crippen LogP contribution in [0.15, 0.2) is 23.6 Å². The summed E-state index contributed by atoms with van der Waals surface area (Å²) in [7, 11) is 1.66. The Balaban J connectivity index is 2.08. The predicted molar refractivity (Wildman–Crippen MR) is 79.6 cm³/mol. The van der Waals surface area contributed by atoms with Crippen LogP contribution in [-0.4, -0.2) is 21.6 Å². The van der Waals surface area contributed by atoms with E-state index in [9.17, 15) is 0 Å². The molecule has 0 aliphatic heterocycles. The van der Waals surface area contributed by atoms with Gasteiger partial charge in [-0.05, 0) is 31.3 Å². The first-order valence-corrected chi connectivity index (χ1v) is 7.14. The fraction of sp³-hybridized carbons (Fsp3) is 0.231. The van der Waals surface area contributed by atoms with E-state index in [1.54, 1.807) is 18.4 Å². The number of benzene rings is 1. The molecule has 0 saturated heterocycles. The van der Waals surface area contributed by atoms with Crippen molar-refractivity contribution < 1.29 is 4.74 Å². The van der Waals surface area contributed by atoms with Crippen molar-refractivity contribution in [3.8, 4) is 5.75 Å². The summed E-state index contributed by atoms with van der Waals surface area (Å²) >= 11 is 7.04. The summed E-state index contributed by atoms with van der Waals surface area (Å²) in [6.45, 7) is 2.70. The highest BCUT2D eigenvalue weighted by Crippen LogP contribution is 2.21. The van der Waals surface area contributed by atoms with Gasteiger partial charge in [0.05, 0.1) is 35.4 Å². The van der Waals surface area contributed by atoms with Crippen LogP contribution in [0, 0.1) is 11.7 Å². The highest BCUT2D eigenvalue weighted by molar-refractivity contribution is 7.71. The number of fused-ring (bicyclic) bond motifs is 1. The number of methoxy groups -OCH3 is 1. The summed E-state index contributed by atoms with van der Waals surface area (Å²) in [6, 6.07) is 5.90. The number of nitrogens with one attached hydrogen (secondary N) is 1. The van der Waals surface area contributed by atoms with Crippen LogP contribution < -0.4 is 4.74 Å². The van der Waals surface area contributed by atoms with Crippen molar-refractivity contribution in [1.82, 2.24) is 14.5 Å². The largest absolute Gasteiger partial charge is 0.497 e. The molecule has 4 nitrogen and oxygen atoms in total. The van der Waals surface area contributed by atoms with Crippen molar-refractivity contribution in [3.05, 3.63) is 39.1 Å². The number of hydrogen-bond acceptors (Lipinski definition) is 4. The van der Waals surface area contributed by atoms with Crippen molar-refractivity contribution in [1.29, 1.82) is 0 Å². The third kappa shape index (κ3) is 2.29. The van der Waals surface area contributed by atoms with Crippen LogP contribution in [-0.2, 0) is 6.54 Å². The number of thiazole rings is 1. The monoisotopic (exact) mass is 291 g/mol. The number of hydrogen-bond donors (Lipinski definition) is 1. The first-order valence-electron chi connectivity index (χ1n) is 5.85. The van der Waals surface area contributed by atoms with E-state index >= 15 is 0 Å². The fourth-order valence-electron chi connectivity index (χ4n) is 2.07. The van der Waals surface area contributed by atoms with Crippen molar-refractivity contribution in [3.63, 3.8) is 0 Å². The van der Waals surface area contributed by atoms with Crippen LogP contribution >= 0.6 is 23.6 Å². The first-order chi connectivity index (χ1) is 9.17. The van der Waals surface area contributed by atoms with Gasteiger partial charge in [-0.15, -0.1) is 11.3 Å². The lowest BCUT2D eigenvalue weighted by Gasteiger charge is -2.03. The van der Waals surface area contributed by atoms with Crippen LogP contribution in [0.1, 0.15) is 10.7 Å². The van der Waals surface area contributed by atoms with Gasteiger partial charge in [0, 0.05) is 11.4 Å². The molecule has 6 heteroatoms. The van der Waals surface area contributed by atoms with Crippen LogP contribution in [0.25, 0.3) is 11.0 Å². The van der Waals surface area contributed by atoms with Gasteiger partial charge in [-0.1, -0.05) is 0 Å². The minimum atomic E-state index is 0.690. The second kappa shape index (κ2) is 4.79. The molecular weight excluding hydrogens is 278 g/mol. The second-order valence-electron chi connectivity index (χ2n) is 4.26. The maximum atomic E-state index is 5.38. The standard InChI is InChI=1S/C13H13N3OS2/c1-8-14-9(7-19-8)6-16-12-4-3-10(17-2)5-11(12)15-13(16)18/h3-5,7H,6H2,1-2H3,(H,15,18). The Morgan fingerprint density at radius 1 is 1.47 bits per heavy atom. The van der Waals surface area contributed by atoms with Gasteiger partial charge in [0.25, 0.3) is 0 Å². The number of H-pyrrole nitrogens is 1. The summed E-state index contributed by atoms with van der Waals surface area (Å²) in [6.07, 6.45) is 0. The summed E-state index contributed by atoms with van der Waals surface area (Å²) < 4.78 is 7.98. The molecule has 1 N–H and O–H groups in total. The normalized spacial score (nSPS) is 11.1. The van der Waals surface area contributed by atoms with Gasteiger partial charge in [-0.2, -0.15) is 0 Å². The Labute approximate surface area is 119 Å². The maximum absolute atomic E-state index is 5.38. The minimum absolute atomic E-state index is 0.690. The number of aryl methyl sites for hydroxylation is 1. The first kappa shape index (κ1) is 12.4. The summed E-state index contributed by atoms with van der Waals surface area (Å²) in [5.74, 6) is 0.820. The summed E-state index contributed by atoms with van der Waals surface area (Å²) in [5.41, 5.74) is 3.09. The molecule has 19 heavy (non-hydrogen) atoms. The third-order valence-corrected chi connectivity index (χ3v) is 4.11. The molecule has 0 spiro atoms. The Hall–Kier alpha value is -1.66. The second-order valence-corrected chi connectivity index (χ2v) is 5.71. The Kier molecular flexibility index (Phi) is 3.12. The summed E-state index contributed by atoms with van der Waals surface area (Å²) in [4.78, 5) is 7.68. The van der Waals surface area contributed by atoms with E-state index < -0.39 is 0 Å². The van der Waals surface area contributed by atoms with E-state index in [2.05, 4.69) is 19.9 Å². The highest BCUT2D eigenvalue weighted by Gasteiger charge is 2.07. The molecular formula is C13H13N3OS2. The van der Waals surface area contributed by atoms with Crippen LogP contribution in [0.5, 0.6) is 5.75 Å². The Bertz CT molecular complexity index is 785. The van der Waals surface area contributed by atoms with Crippen molar-refractivity contribution in [2.75, 3.05) is 7.11 Å². The van der Waals surface area contributed by atoms with E-state index in [1.165, 1.54) is 0 Å². The molecule has 2 heterocycles. The molecule has 0 aliphatic carbocycles. The lowest BCUT2D eigenvalue weighted by molar-refractivity contribution is 0.415. The molecule has 3 rings (SSSR count). The zero-order chi connectivity index (χ0) is 13.4.